The largest absolute Gasteiger partial charge is 0.490 e. The molecule has 1 fully saturated rings. The average Bonchev–Trinajstić information content (AvgIpc) is 3.13. The van der Waals surface area contributed by atoms with Crippen LogP contribution in [0, 0.1) is 10.1 Å². The molecule has 0 spiro atoms. The Hall–Kier alpha value is -4.03. The molecule has 1 aliphatic rings. The lowest BCUT2D eigenvalue weighted by Gasteiger charge is -2.14. The van der Waals surface area contributed by atoms with E-state index < -0.39 is 39.2 Å². The molecule has 3 aromatic carbocycles. The van der Waals surface area contributed by atoms with E-state index >= 15 is 0 Å². The Balaban J connectivity index is 1.64. The summed E-state index contributed by atoms with van der Waals surface area (Å²) in [4.78, 5) is 37.0. The number of ether oxygens (including phenoxy) is 2. The van der Waals surface area contributed by atoms with Crippen molar-refractivity contribution < 1.29 is 37.2 Å². The van der Waals surface area contributed by atoms with Gasteiger partial charge in [0, 0.05) is 11.1 Å². The Morgan fingerprint density at radius 3 is 2.34 bits per heavy atom. The first-order valence-electron chi connectivity index (χ1n) is 10.8. The van der Waals surface area contributed by atoms with Crippen LogP contribution in [0.1, 0.15) is 18.1 Å². The fourth-order valence-electron chi connectivity index (χ4n) is 3.44. The molecule has 1 saturated heterocycles. The maximum Gasteiger partial charge on any atom is 0.416 e. The van der Waals surface area contributed by atoms with Crippen LogP contribution in [0.15, 0.2) is 65.6 Å². The predicted molar refractivity (Wildman–Crippen MR) is 136 cm³/mol. The molecule has 0 unspecified atom stereocenters. The highest BCUT2D eigenvalue weighted by Crippen LogP contribution is 2.41. The van der Waals surface area contributed by atoms with Gasteiger partial charge >= 0.3 is 11.9 Å². The summed E-state index contributed by atoms with van der Waals surface area (Å²) >= 11 is 6.61. The van der Waals surface area contributed by atoms with E-state index in [-0.39, 0.29) is 23.0 Å². The molecule has 196 valence electrons. The number of nitro benzene ring substituents is 1. The van der Waals surface area contributed by atoms with E-state index in [9.17, 15) is 32.9 Å². The Morgan fingerprint density at radius 2 is 1.71 bits per heavy atom. The Bertz CT molecular complexity index is 1460. The summed E-state index contributed by atoms with van der Waals surface area (Å²) in [5.41, 5.74) is -1.26. The zero-order chi connectivity index (χ0) is 27.6. The summed E-state index contributed by atoms with van der Waals surface area (Å²) in [7, 11) is 0. The summed E-state index contributed by atoms with van der Waals surface area (Å²) < 4.78 is 50.2. The van der Waals surface area contributed by atoms with Crippen LogP contribution in [0.3, 0.4) is 0 Å². The van der Waals surface area contributed by atoms with Gasteiger partial charge in [0.2, 0.25) is 5.75 Å². The van der Waals surface area contributed by atoms with Gasteiger partial charge in [0.1, 0.15) is 0 Å². The maximum atomic E-state index is 13.0. The van der Waals surface area contributed by atoms with Crippen molar-refractivity contribution >= 4 is 52.0 Å². The molecule has 0 aromatic heterocycles. The minimum Gasteiger partial charge on any atom is -0.490 e. The monoisotopic (exact) mass is 564 g/mol. The number of hydrogen-bond acceptors (Lipinski definition) is 7. The number of carbonyl (C=O) groups excluding carboxylic acids is 2. The fourth-order valence-corrected chi connectivity index (χ4v) is 4.41. The average molecular weight is 565 g/mol. The minimum absolute atomic E-state index is 0.00104. The number of benzene rings is 3. The van der Waals surface area contributed by atoms with Crippen molar-refractivity contribution in [3.63, 3.8) is 0 Å². The number of amides is 2. The highest BCUT2D eigenvalue weighted by molar-refractivity contribution is 8.19. The second-order valence-electron chi connectivity index (χ2n) is 7.67. The molecule has 2 amide bonds. The van der Waals surface area contributed by atoms with Crippen molar-refractivity contribution in [3.05, 3.63) is 91.8 Å². The lowest BCUT2D eigenvalue weighted by molar-refractivity contribution is -0.385. The smallest absolute Gasteiger partial charge is 0.416 e. The zero-order valence-corrected chi connectivity index (χ0v) is 20.9. The standard InChI is InChI=1S/C25H16ClF3N2O6S/c1-2-36-21-11-14(12-22-23(32)30(24(33)38-22)17-7-5-16(26)6-8-17)3-9-20(21)37-19-10-4-15(25(27,28)29)13-18(19)31(34)35/h3-13H,2H2,1H3/b22-12-. The van der Waals surface area contributed by atoms with Crippen LogP contribution in [0.4, 0.5) is 29.3 Å². The van der Waals surface area contributed by atoms with Crippen LogP contribution in [0.2, 0.25) is 5.02 Å². The number of nitro groups is 1. The number of halogens is 4. The van der Waals surface area contributed by atoms with Gasteiger partial charge in [-0.05, 0) is 78.9 Å². The van der Waals surface area contributed by atoms with Crippen LogP contribution >= 0.6 is 23.4 Å². The molecule has 0 atom stereocenters. The first-order valence-corrected chi connectivity index (χ1v) is 12.0. The molecular weight excluding hydrogens is 549 g/mol. The summed E-state index contributed by atoms with van der Waals surface area (Å²) in [6.45, 7) is 1.84. The van der Waals surface area contributed by atoms with Crippen LogP contribution in [-0.4, -0.2) is 22.7 Å². The molecule has 3 aromatic rings. The molecule has 0 saturated carbocycles. The molecule has 0 bridgehead atoms. The first kappa shape index (κ1) is 27.0. The predicted octanol–water partition coefficient (Wildman–Crippen LogP) is 7.70. The third kappa shape index (κ3) is 5.76. The van der Waals surface area contributed by atoms with Crippen molar-refractivity contribution in [2.75, 3.05) is 11.5 Å². The summed E-state index contributed by atoms with van der Waals surface area (Å²) in [6, 6.07) is 12.5. The van der Waals surface area contributed by atoms with E-state index in [1.807, 2.05) is 0 Å². The number of imide groups is 1. The molecule has 38 heavy (non-hydrogen) atoms. The second kappa shape index (κ2) is 10.8. The van der Waals surface area contributed by atoms with E-state index in [1.54, 1.807) is 31.2 Å². The molecule has 13 heteroatoms. The number of hydrogen-bond donors (Lipinski definition) is 0. The number of carbonyl (C=O) groups is 2. The molecule has 8 nitrogen and oxygen atoms in total. The van der Waals surface area contributed by atoms with Gasteiger partial charge in [-0.2, -0.15) is 13.2 Å². The molecule has 0 N–H and O–H groups in total. The van der Waals surface area contributed by atoms with E-state index in [1.165, 1.54) is 24.3 Å². The molecule has 0 radical (unpaired) electrons. The van der Waals surface area contributed by atoms with Gasteiger partial charge in [0.25, 0.3) is 11.1 Å². The molecule has 0 aliphatic carbocycles. The van der Waals surface area contributed by atoms with Gasteiger partial charge in [0.15, 0.2) is 11.5 Å². The van der Waals surface area contributed by atoms with E-state index in [2.05, 4.69) is 0 Å². The Labute approximate surface area is 222 Å². The second-order valence-corrected chi connectivity index (χ2v) is 9.10. The number of anilines is 1. The number of alkyl halides is 3. The van der Waals surface area contributed by atoms with Crippen molar-refractivity contribution in [3.8, 4) is 17.2 Å². The van der Waals surface area contributed by atoms with E-state index in [4.69, 9.17) is 21.1 Å². The van der Waals surface area contributed by atoms with E-state index in [0.29, 0.717) is 28.4 Å². The third-order valence-electron chi connectivity index (χ3n) is 5.15. The lowest BCUT2D eigenvalue weighted by atomic mass is 10.1. The van der Waals surface area contributed by atoms with Gasteiger partial charge in [0.05, 0.1) is 27.7 Å². The third-order valence-corrected chi connectivity index (χ3v) is 6.27. The highest BCUT2D eigenvalue weighted by atomic mass is 35.5. The first-order chi connectivity index (χ1) is 18.0. The van der Waals surface area contributed by atoms with Crippen LogP contribution in [-0.2, 0) is 11.0 Å². The van der Waals surface area contributed by atoms with Crippen LogP contribution < -0.4 is 14.4 Å². The van der Waals surface area contributed by atoms with E-state index in [0.717, 1.165) is 22.7 Å². The fraction of sp³-hybridized carbons (Fsp3) is 0.120. The zero-order valence-electron chi connectivity index (χ0n) is 19.3. The van der Waals surface area contributed by atoms with Gasteiger partial charge in [-0.25, -0.2) is 4.90 Å². The van der Waals surface area contributed by atoms with Gasteiger partial charge < -0.3 is 9.47 Å². The summed E-state index contributed by atoms with van der Waals surface area (Å²) in [6.07, 6.45) is -3.30. The topological polar surface area (TPSA) is 99.0 Å². The minimum atomic E-state index is -4.77. The van der Waals surface area contributed by atoms with Crippen molar-refractivity contribution in [1.29, 1.82) is 0 Å². The highest BCUT2D eigenvalue weighted by Gasteiger charge is 2.36. The van der Waals surface area contributed by atoms with Gasteiger partial charge in [-0.15, -0.1) is 0 Å². The summed E-state index contributed by atoms with van der Waals surface area (Å²) in [5, 5.41) is 11.3. The Morgan fingerprint density at radius 1 is 1.03 bits per heavy atom. The molecule has 4 rings (SSSR count). The SMILES string of the molecule is CCOc1cc(/C=C2\SC(=O)N(c3ccc(Cl)cc3)C2=O)ccc1Oc1ccc(C(F)(F)F)cc1[N+](=O)[O-]. The molecule has 1 aliphatic heterocycles. The lowest BCUT2D eigenvalue weighted by Crippen LogP contribution is -2.27. The van der Waals surface area contributed by atoms with Crippen molar-refractivity contribution in [2.24, 2.45) is 0 Å². The summed E-state index contributed by atoms with van der Waals surface area (Å²) in [5.74, 6) is -0.838. The quantitative estimate of drug-likeness (QED) is 0.165. The van der Waals surface area contributed by atoms with Crippen molar-refractivity contribution in [2.45, 2.75) is 13.1 Å². The van der Waals surface area contributed by atoms with Gasteiger partial charge in [-0.3, -0.25) is 19.7 Å². The van der Waals surface area contributed by atoms with Gasteiger partial charge in [-0.1, -0.05) is 17.7 Å². The van der Waals surface area contributed by atoms with Crippen LogP contribution in [0.25, 0.3) is 6.08 Å². The van der Waals surface area contributed by atoms with Crippen LogP contribution in [0.5, 0.6) is 17.2 Å². The number of nitrogens with zero attached hydrogens (tertiary/aromatic N) is 2. The molecule has 1 heterocycles. The maximum absolute atomic E-state index is 13.0. The van der Waals surface area contributed by atoms with Crippen molar-refractivity contribution in [1.82, 2.24) is 0 Å². The normalized spacial score (nSPS) is 14.8. The molecular formula is C25H16ClF3N2O6S. The number of rotatable bonds is 7. The number of thioether (sulfide) groups is 1. The Kier molecular flexibility index (Phi) is 7.65.